The van der Waals surface area contributed by atoms with E-state index in [1.807, 2.05) is 36.4 Å². The maximum absolute atomic E-state index is 11.7. The molecule has 1 aromatic heterocycles. The fraction of sp³-hybridized carbons (Fsp3) is 0.333. The quantitative estimate of drug-likeness (QED) is 0.896. The Morgan fingerprint density at radius 3 is 2.83 bits per heavy atom. The van der Waals surface area contributed by atoms with Gasteiger partial charge in [-0.3, -0.25) is 9.78 Å². The molecule has 1 saturated carbocycles. The average molecular weight is 240 g/mol. The Morgan fingerprint density at radius 2 is 2.06 bits per heavy atom. The van der Waals surface area contributed by atoms with Gasteiger partial charge in [0.15, 0.2) is 0 Å². The fourth-order valence-corrected chi connectivity index (χ4v) is 2.20. The van der Waals surface area contributed by atoms with E-state index in [1.54, 1.807) is 0 Å². The molecule has 0 aliphatic heterocycles. The van der Waals surface area contributed by atoms with E-state index >= 15 is 0 Å². The predicted molar refractivity (Wildman–Crippen MR) is 70.9 cm³/mol. The van der Waals surface area contributed by atoms with E-state index in [1.165, 1.54) is 6.42 Å². The zero-order valence-electron chi connectivity index (χ0n) is 10.2. The highest BCUT2D eigenvalue weighted by Gasteiger charge is 2.24. The number of carbonyl (C=O) groups excluding carboxylic acids is 1. The van der Waals surface area contributed by atoms with E-state index < -0.39 is 0 Å². The molecule has 0 saturated heterocycles. The monoisotopic (exact) mass is 240 g/mol. The molecule has 92 valence electrons. The number of fused-ring (bicyclic) bond motifs is 1. The lowest BCUT2D eigenvalue weighted by Gasteiger charge is -2.23. The van der Waals surface area contributed by atoms with Crippen LogP contribution in [0.2, 0.25) is 0 Å². The van der Waals surface area contributed by atoms with Crippen LogP contribution in [0.3, 0.4) is 0 Å². The summed E-state index contributed by atoms with van der Waals surface area (Å²) in [5, 5.41) is 4.10. The van der Waals surface area contributed by atoms with Crippen molar-refractivity contribution in [3.8, 4) is 0 Å². The first kappa shape index (κ1) is 11.2. The van der Waals surface area contributed by atoms with Crippen LogP contribution >= 0.6 is 0 Å². The van der Waals surface area contributed by atoms with Crippen LogP contribution in [0.1, 0.15) is 25.0 Å². The second kappa shape index (κ2) is 4.77. The van der Waals surface area contributed by atoms with Gasteiger partial charge in [0.1, 0.15) is 0 Å². The van der Waals surface area contributed by atoms with Gasteiger partial charge in [-0.2, -0.15) is 0 Å². The summed E-state index contributed by atoms with van der Waals surface area (Å²) < 4.78 is 0. The first-order chi connectivity index (χ1) is 8.83. The Morgan fingerprint density at radius 1 is 1.22 bits per heavy atom. The molecule has 1 aliphatic rings. The molecule has 18 heavy (non-hydrogen) atoms. The maximum Gasteiger partial charge on any atom is 0.223 e. The SMILES string of the molecule is O=C(NCc1ccc2ccccc2n1)C1CCC1. The minimum Gasteiger partial charge on any atom is -0.350 e. The highest BCUT2D eigenvalue weighted by atomic mass is 16.1. The molecule has 3 nitrogen and oxygen atoms in total. The third-order valence-electron chi connectivity index (χ3n) is 3.58. The van der Waals surface area contributed by atoms with Crippen molar-refractivity contribution < 1.29 is 4.79 Å². The van der Waals surface area contributed by atoms with Gasteiger partial charge >= 0.3 is 0 Å². The van der Waals surface area contributed by atoms with Crippen molar-refractivity contribution >= 4 is 16.8 Å². The Balaban J connectivity index is 1.68. The van der Waals surface area contributed by atoms with Crippen molar-refractivity contribution in [1.82, 2.24) is 10.3 Å². The van der Waals surface area contributed by atoms with Gasteiger partial charge in [-0.1, -0.05) is 30.7 Å². The second-order valence-electron chi connectivity index (χ2n) is 4.84. The van der Waals surface area contributed by atoms with Crippen LogP contribution in [0.25, 0.3) is 10.9 Å². The molecule has 0 radical (unpaired) electrons. The van der Waals surface area contributed by atoms with Crippen molar-refractivity contribution in [2.24, 2.45) is 5.92 Å². The summed E-state index contributed by atoms with van der Waals surface area (Å²) in [6.45, 7) is 0.528. The van der Waals surface area contributed by atoms with Crippen LogP contribution in [-0.4, -0.2) is 10.9 Å². The minimum absolute atomic E-state index is 0.177. The number of hydrogen-bond donors (Lipinski definition) is 1. The normalized spacial score (nSPS) is 15.3. The van der Waals surface area contributed by atoms with Crippen molar-refractivity contribution in [2.75, 3.05) is 0 Å². The number of aromatic nitrogens is 1. The molecule has 3 rings (SSSR count). The number of nitrogens with one attached hydrogen (secondary N) is 1. The molecule has 1 N–H and O–H groups in total. The number of nitrogens with zero attached hydrogens (tertiary/aromatic N) is 1. The van der Waals surface area contributed by atoms with Crippen LogP contribution in [0, 0.1) is 5.92 Å². The molecule has 1 heterocycles. The number of rotatable bonds is 3. The Bertz CT molecular complexity index is 575. The standard InChI is InChI=1S/C15H16N2O/c18-15(12-5-3-6-12)16-10-13-9-8-11-4-1-2-7-14(11)17-13/h1-2,4,7-9,12H,3,5-6,10H2,(H,16,18). The summed E-state index contributed by atoms with van der Waals surface area (Å²) in [6, 6.07) is 12.0. The van der Waals surface area contributed by atoms with Crippen LogP contribution in [-0.2, 0) is 11.3 Å². The number of pyridine rings is 1. The largest absolute Gasteiger partial charge is 0.350 e. The van der Waals surface area contributed by atoms with Crippen LogP contribution in [0.15, 0.2) is 36.4 Å². The fourth-order valence-electron chi connectivity index (χ4n) is 2.20. The summed E-state index contributed by atoms with van der Waals surface area (Å²) in [5.41, 5.74) is 1.90. The van der Waals surface area contributed by atoms with Gasteiger partial charge in [0.05, 0.1) is 17.8 Å². The highest BCUT2D eigenvalue weighted by molar-refractivity contribution is 5.80. The first-order valence-corrected chi connectivity index (χ1v) is 6.45. The zero-order chi connectivity index (χ0) is 12.4. The average Bonchev–Trinajstić information content (AvgIpc) is 2.34. The molecule has 3 heteroatoms. The molecule has 1 amide bonds. The van der Waals surface area contributed by atoms with Gasteiger partial charge in [0, 0.05) is 11.3 Å². The van der Waals surface area contributed by atoms with Gasteiger partial charge in [0.25, 0.3) is 0 Å². The summed E-state index contributed by atoms with van der Waals surface area (Å²) in [6.07, 6.45) is 3.26. The number of hydrogen-bond acceptors (Lipinski definition) is 2. The Kier molecular flexibility index (Phi) is 2.97. The summed E-state index contributed by atoms with van der Waals surface area (Å²) >= 11 is 0. The number of amides is 1. The van der Waals surface area contributed by atoms with Crippen molar-refractivity contribution in [1.29, 1.82) is 0 Å². The Labute approximate surface area is 106 Å². The van der Waals surface area contributed by atoms with E-state index in [4.69, 9.17) is 0 Å². The molecule has 0 bridgehead atoms. The molecule has 1 aliphatic carbocycles. The molecule has 0 atom stereocenters. The lowest BCUT2D eigenvalue weighted by atomic mass is 9.85. The number of benzene rings is 1. The minimum atomic E-state index is 0.177. The molecule has 0 unspecified atom stereocenters. The molecule has 2 aromatic rings. The van der Waals surface area contributed by atoms with E-state index in [9.17, 15) is 4.79 Å². The van der Waals surface area contributed by atoms with Crippen molar-refractivity contribution in [2.45, 2.75) is 25.8 Å². The van der Waals surface area contributed by atoms with Gasteiger partial charge in [-0.05, 0) is 25.0 Å². The van der Waals surface area contributed by atoms with Gasteiger partial charge in [-0.15, -0.1) is 0 Å². The van der Waals surface area contributed by atoms with Crippen molar-refractivity contribution in [3.63, 3.8) is 0 Å². The maximum atomic E-state index is 11.7. The second-order valence-corrected chi connectivity index (χ2v) is 4.84. The van der Waals surface area contributed by atoms with Crippen LogP contribution in [0.5, 0.6) is 0 Å². The predicted octanol–water partition coefficient (Wildman–Crippen LogP) is 2.65. The molecule has 1 fully saturated rings. The molecule has 1 aromatic carbocycles. The Hall–Kier alpha value is -1.90. The van der Waals surface area contributed by atoms with E-state index in [0.29, 0.717) is 6.54 Å². The molecular weight excluding hydrogens is 224 g/mol. The lowest BCUT2D eigenvalue weighted by Crippen LogP contribution is -2.34. The lowest BCUT2D eigenvalue weighted by molar-refractivity contribution is -0.127. The zero-order valence-corrected chi connectivity index (χ0v) is 10.2. The third-order valence-corrected chi connectivity index (χ3v) is 3.58. The summed E-state index contributed by atoms with van der Waals surface area (Å²) in [5.74, 6) is 0.418. The number of carbonyl (C=O) groups is 1. The van der Waals surface area contributed by atoms with Gasteiger partial charge < -0.3 is 5.32 Å². The third kappa shape index (κ3) is 2.21. The number of para-hydroxylation sites is 1. The van der Waals surface area contributed by atoms with E-state index in [0.717, 1.165) is 29.4 Å². The molecule has 0 spiro atoms. The van der Waals surface area contributed by atoms with Gasteiger partial charge in [-0.25, -0.2) is 0 Å². The van der Waals surface area contributed by atoms with Crippen LogP contribution in [0.4, 0.5) is 0 Å². The molecular formula is C15H16N2O. The summed E-state index contributed by atoms with van der Waals surface area (Å²) in [7, 11) is 0. The van der Waals surface area contributed by atoms with E-state index in [-0.39, 0.29) is 11.8 Å². The smallest absolute Gasteiger partial charge is 0.223 e. The van der Waals surface area contributed by atoms with Crippen molar-refractivity contribution in [3.05, 3.63) is 42.1 Å². The topological polar surface area (TPSA) is 42.0 Å². The van der Waals surface area contributed by atoms with E-state index in [2.05, 4.69) is 10.3 Å². The first-order valence-electron chi connectivity index (χ1n) is 6.45. The van der Waals surface area contributed by atoms with Crippen LogP contribution < -0.4 is 5.32 Å². The van der Waals surface area contributed by atoms with Gasteiger partial charge in [0.2, 0.25) is 5.91 Å². The highest BCUT2D eigenvalue weighted by Crippen LogP contribution is 2.26. The summed E-state index contributed by atoms with van der Waals surface area (Å²) in [4.78, 5) is 16.3.